The molecule has 0 fully saturated rings. The fourth-order valence-corrected chi connectivity index (χ4v) is 2.36. The lowest BCUT2D eigenvalue weighted by Gasteiger charge is -2.05. The van der Waals surface area contributed by atoms with E-state index in [0.29, 0.717) is 5.75 Å². The van der Waals surface area contributed by atoms with Crippen LogP contribution in [0.15, 0.2) is 29.3 Å². The Labute approximate surface area is 81.7 Å². The molecule has 0 aliphatic carbocycles. The summed E-state index contributed by atoms with van der Waals surface area (Å²) in [6, 6.07) is 7.27. The van der Waals surface area contributed by atoms with E-state index in [1.165, 1.54) is 11.3 Å². The normalized spacial score (nSPS) is 21.6. The van der Waals surface area contributed by atoms with Crippen LogP contribution in [0.25, 0.3) is 0 Å². The molecular formula is C10H11NOS. The number of rotatable bonds is 1. The Morgan fingerprint density at radius 2 is 2.08 bits per heavy atom. The van der Waals surface area contributed by atoms with Crippen LogP contribution in [0.5, 0.6) is 5.75 Å². The predicted octanol–water partition coefficient (Wildman–Crippen LogP) is 2.60. The Morgan fingerprint density at radius 3 is 2.62 bits per heavy atom. The maximum atomic E-state index is 9.11. The zero-order valence-electron chi connectivity index (χ0n) is 7.40. The van der Waals surface area contributed by atoms with Crippen molar-refractivity contribution in [1.29, 1.82) is 0 Å². The molecular weight excluding hydrogens is 182 g/mol. The highest BCUT2D eigenvalue weighted by atomic mass is 32.2. The van der Waals surface area contributed by atoms with Crippen molar-refractivity contribution in [2.24, 2.45) is 4.99 Å². The highest BCUT2D eigenvalue weighted by molar-refractivity contribution is 8.00. The molecule has 0 saturated carbocycles. The van der Waals surface area contributed by atoms with E-state index in [1.54, 1.807) is 12.1 Å². The summed E-state index contributed by atoms with van der Waals surface area (Å²) < 4.78 is 0. The summed E-state index contributed by atoms with van der Waals surface area (Å²) >= 11 is 1.82. The van der Waals surface area contributed by atoms with Crippen LogP contribution in [-0.4, -0.2) is 16.6 Å². The van der Waals surface area contributed by atoms with Gasteiger partial charge in [-0.15, -0.1) is 11.8 Å². The SMILES string of the molecule is CC1=NC(c2ccc(O)cc2)SC1. The average molecular weight is 193 g/mol. The molecule has 3 heteroatoms. The first-order valence-electron chi connectivity index (χ1n) is 4.19. The van der Waals surface area contributed by atoms with E-state index < -0.39 is 0 Å². The van der Waals surface area contributed by atoms with Crippen molar-refractivity contribution in [2.45, 2.75) is 12.3 Å². The number of aromatic hydroxyl groups is 1. The second-order valence-corrected chi connectivity index (χ2v) is 4.19. The molecule has 1 N–H and O–H groups in total. The Balaban J connectivity index is 2.22. The van der Waals surface area contributed by atoms with Crippen molar-refractivity contribution < 1.29 is 5.11 Å². The van der Waals surface area contributed by atoms with Gasteiger partial charge in [-0.05, 0) is 24.6 Å². The highest BCUT2D eigenvalue weighted by Gasteiger charge is 2.16. The molecule has 68 valence electrons. The molecule has 13 heavy (non-hydrogen) atoms. The van der Waals surface area contributed by atoms with Gasteiger partial charge in [0, 0.05) is 11.5 Å². The van der Waals surface area contributed by atoms with Crippen LogP contribution in [-0.2, 0) is 0 Å². The molecule has 1 atom stereocenters. The van der Waals surface area contributed by atoms with Gasteiger partial charge in [0.05, 0.1) is 0 Å². The molecule has 1 unspecified atom stereocenters. The number of phenolic OH excluding ortho intramolecular Hbond substituents is 1. The summed E-state index contributed by atoms with van der Waals surface area (Å²) in [5.74, 6) is 1.33. The van der Waals surface area contributed by atoms with Crippen molar-refractivity contribution >= 4 is 17.5 Å². The number of hydrogen-bond acceptors (Lipinski definition) is 3. The molecule has 2 rings (SSSR count). The van der Waals surface area contributed by atoms with Crippen LogP contribution in [0.1, 0.15) is 17.9 Å². The lowest BCUT2D eigenvalue weighted by atomic mass is 10.2. The number of nitrogens with zero attached hydrogens (tertiary/aromatic N) is 1. The second kappa shape index (κ2) is 3.42. The molecule has 0 saturated heterocycles. The maximum Gasteiger partial charge on any atom is 0.121 e. The number of thioether (sulfide) groups is 1. The number of aliphatic imine (C=N–C) groups is 1. The van der Waals surface area contributed by atoms with Gasteiger partial charge >= 0.3 is 0 Å². The second-order valence-electron chi connectivity index (χ2n) is 3.12. The fourth-order valence-electron chi connectivity index (χ4n) is 1.28. The molecule has 0 spiro atoms. The third kappa shape index (κ3) is 1.86. The van der Waals surface area contributed by atoms with Gasteiger partial charge in [0.25, 0.3) is 0 Å². The average Bonchev–Trinajstić information content (AvgIpc) is 2.53. The van der Waals surface area contributed by atoms with E-state index in [4.69, 9.17) is 5.11 Å². The van der Waals surface area contributed by atoms with Crippen LogP contribution < -0.4 is 0 Å². The molecule has 0 amide bonds. The van der Waals surface area contributed by atoms with Gasteiger partial charge in [-0.3, -0.25) is 4.99 Å². The first-order chi connectivity index (χ1) is 6.25. The van der Waals surface area contributed by atoms with Crippen LogP contribution in [0.3, 0.4) is 0 Å². The van der Waals surface area contributed by atoms with E-state index in [9.17, 15) is 0 Å². The molecule has 0 radical (unpaired) electrons. The van der Waals surface area contributed by atoms with Gasteiger partial charge in [-0.2, -0.15) is 0 Å². The topological polar surface area (TPSA) is 32.6 Å². The molecule has 2 nitrogen and oxygen atoms in total. The lowest BCUT2D eigenvalue weighted by Crippen LogP contribution is -1.85. The molecule has 1 aromatic carbocycles. The number of phenols is 1. The van der Waals surface area contributed by atoms with E-state index in [1.807, 2.05) is 30.8 Å². The quantitative estimate of drug-likeness (QED) is 0.743. The molecule has 0 bridgehead atoms. The summed E-state index contributed by atoms with van der Waals surface area (Å²) in [6.45, 7) is 2.05. The minimum absolute atomic E-state index is 0.237. The van der Waals surface area contributed by atoms with Crippen LogP contribution in [0, 0.1) is 0 Å². The molecule has 1 aliphatic heterocycles. The van der Waals surface area contributed by atoms with Crippen LogP contribution in [0.2, 0.25) is 0 Å². The summed E-state index contributed by atoms with van der Waals surface area (Å²) in [5.41, 5.74) is 2.36. The summed E-state index contributed by atoms with van der Waals surface area (Å²) in [7, 11) is 0. The van der Waals surface area contributed by atoms with Crippen molar-refractivity contribution in [3.05, 3.63) is 29.8 Å². The Kier molecular flexibility index (Phi) is 2.27. The van der Waals surface area contributed by atoms with Gasteiger partial charge in [0.1, 0.15) is 11.1 Å². The molecule has 1 heterocycles. The Hall–Kier alpha value is -0.960. The van der Waals surface area contributed by atoms with E-state index in [2.05, 4.69) is 4.99 Å². The van der Waals surface area contributed by atoms with Gasteiger partial charge in [0.2, 0.25) is 0 Å². The van der Waals surface area contributed by atoms with Gasteiger partial charge < -0.3 is 5.11 Å². The van der Waals surface area contributed by atoms with E-state index in [0.717, 1.165) is 5.75 Å². The van der Waals surface area contributed by atoms with Gasteiger partial charge in [-0.25, -0.2) is 0 Å². The minimum atomic E-state index is 0.237. The first kappa shape index (κ1) is 8.63. The van der Waals surface area contributed by atoms with Crippen LogP contribution >= 0.6 is 11.8 Å². The first-order valence-corrected chi connectivity index (χ1v) is 5.24. The third-order valence-electron chi connectivity index (χ3n) is 1.97. The van der Waals surface area contributed by atoms with Crippen molar-refractivity contribution in [3.63, 3.8) is 0 Å². The van der Waals surface area contributed by atoms with E-state index in [-0.39, 0.29) is 5.37 Å². The molecule has 1 aromatic rings. The van der Waals surface area contributed by atoms with E-state index >= 15 is 0 Å². The largest absolute Gasteiger partial charge is 0.508 e. The van der Waals surface area contributed by atoms with Crippen molar-refractivity contribution in [3.8, 4) is 5.75 Å². The predicted molar refractivity (Wildman–Crippen MR) is 56.4 cm³/mol. The molecule has 0 aromatic heterocycles. The van der Waals surface area contributed by atoms with Crippen LogP contribution in [0.4, 0.5) is 0 Å². The monoisotopic (exact) mass is 193 g/mol. The fraction of sp³-hybridized carbons (Fsp3) is 0.300. The summed E-state index contributed by atoms with van der Waals surface area (Å²) in [6.07, 6.45) is 0. The Bertz CT molecular complexity index is 331. The summed E-state index contributed by atoms with van der Waals surface area (Å²) in [5, 5.41) is 9.35. The number of hydrogen-bond donors (Lipinski definition) is 1. The smallest absolute Gasteiger partial charge is 0.121 e. The third-order valence-corrected chi connectivity index (χ3v) is 3.24. The van der Waals surface area contributed by atoms with Crippen molar-refractivity contribution in [1.82, 2.24) is 0 Å². The van der Waals surface area contributed by atoms with Gasteiger partial charge in [0.15, 0.2) is 0 Å². The van der Waals surface area contributed by atoms with Crippen molar-refractivity contribution in [2.75, 3.05) is 5.75 Å². The zero-order valence-corrected chi connectivity index (χ0v) is 8.21. The lowest BCUT2D eigenvalue weighted by molar-refractivity contribution is 0.475. The zero-order chi connectivity index (χ0) is 9.26. The molecule has 1 aliphatic rings. The minimum Gasteiger partial charge on any atom is -0.508 e. The number of benzene rings is 1. The Morgan fingerprint density at radius 1 is 1.38 bits per heavy atom. The highest BCUT2D eigenvalue weighted by Crippen LogP contribution is 2.35. The van der Waals surface area contributed by atoms with Gasteiger partial charge in [-0.1, -0.05) is 12.1 Å². The maximum absolute atomic E-state index is 9.11. The summed E-state index contributed by atoms with van der Waals surface area (Å²) in [4.78, 5) is 4.49. The standard InChI is InChI=1S/C10H11NOS/c1-7-6-13-10(11-7)8-2-4-9(12)5-3-8/h2-5,10,12H,6H2,1H3.